The molecule has 8 heteroatoms. The van der Waals surface area contributed by atoms with E-state index < -0.39 is 5.91 Å². The van der Waals surface area contributed by atoms with Gasteiger partial charge in [0.2, 0.25) is 0 Å². The Hall–Kier alpha value is -2.19. The standard InChI is InChI=1S/C16H18BrN5O2/c1-10-14(17)21-13(15(18)23)16(19-10)20-11-2-4-12(5-3-11)22-6-8-24-9-7-22/h2-5H,6-9H2,1H3,(H2,18,23)(H,19,20). The van der Waals surface area contributed by atoms with E-state index in [1.54, 1.807) is 6.92 Å². The first-order valence-corrected chi connectivity index (χ1v) is 8.37. The summed E-state index contributed by atoms with van der Waals surface area (Å²) in [6, 6.07) is 7.93. The number of aromatic nitrogens is 2. The number of hydrogen-bond acceptors (Lipinski definition) is 6. The summed E-state index contributed by atoms with van der Waals surface area (Å²) < 4.78 is 5.87. The van der Waals surface area contributed by atoms with Crippen LogP contribution in [0.25, 0.3) is 0 Å². The van der Waals surface area contributed by atoms with Crippen molar-refractivity contribution >= 4 is 39.0 Å². The fraction of sp³-hybridized carbons (Fsp3) is 0.312. The minimum Gasteiger partial charge on any atom is -0.378 e. The predicted molar refractivity (Wildman–Crippen MR) is 95.7 cm³/mol. The Kier molecular flexibility index (Phi) is 4.96. The van der Waals surface area contributed by atoms with Gasteiger partial charge in [-0.1, -0.05) is 0 Å². The molecule has 126 valence electrons. The smallest absolute Gasteiger partial charge is 0.271 e. The first-order valence-electron chi connectivity index (χ1n) is 7.58. The molecule has 1 saturated heterocycles. The third kappa shape index (κ3) is 3.65. The molecule has 3 rings (SSSR count). The molecular formula is C16H18BrN5O2. The molecule has 0 spiro atoms. The van der Waals surface area contributed by atoms with Gasteiger partial charge in [-0.15, -0.1) is 0 Å². The lowest BCUT2D eigenvalue weighted by atomic mass is 10.2. The van der Waals surface area contributed by atoms with Crippen LogP contribution in [-0.4, -0.2) is 42.2 Å². The normalized spacial score (nSPS) is 14.5. The molecule has 1 aromatic heterocycles. The molecule has 1 amide bonds. The number of nitrogens with zero attached hydrogens (tertiary/aromatic N) is 3. The highest BCUT2D eigenvalue weighted by atomic mass is 79.9. The maximum Gasteiger partial charge on any atom is 0.271 e. The Morgan fingerprint density at radius 2 is 1.92 bits per heavy atom. The molecule has 2 heterocycles. The summed E-state index contributed by atoms with van der Waals surface area (Å²) in [6.07, 6.45) is 0. The number of benzene rings is 1. The number of ether oxygens (including phenoxy) is 1. The molecule has 24 heavy (non-hydrogen) atoms. The molecule has 0 atom stereocenters. The van der Waals surface area contributed by atoms with E-state index >= 15 is 0 Å². The maximum absolute atomic E-state index is 11.6. The van der Waals surface area contributed by atoms with Gasteiger partial charge in [0.1, 0.15) is 4.60 Å². The Labute approximate surface area is 148 Å². The Bertz CT molecular complexity index is 745. The van der Waals surface area contributed by atoms with E-state index in [1.165, 1.54) is 0 Å². The first-order chi connectivity index (χ1) is 11.5. The van der Waals surface area contributed by atoms with E-state index in [2.05, 4.69) is 36.1 Å². The number of morpholine rings is 1. The topological polar surface area (TPSA) is 93.4 Å². The summed E-state index contributed by atoms with van der Waals surface area (Å²) in [5, 5.41) is 3.11. The molecular weight excluding hydrogens is 374 g/mol. The van der Waals surface area contributed by atoms with Crippen LogP contribution in [0.15, 0.2) is 28.9 Å². The zero-order chi connectivity index (χ0) is 17.1. The molecule has 0 radical (unpaired) electrons. The fourth-order valence-corrected chi connectivity index (χ4v) is 2.74. The Morgan fingerprint density at radius 3 is 2.54 bits per heavy atom. The molecule has 1 aliphatic heterocycles. The van der Waals surface area contributed by atoms with Crippen molar-refractivity contribution in [3.63, 3.8) is 0 Å². The zero-order valence-corrected chi connectivity index (χ0v) is 14.8. The van der Waals surface area contributed by atoms with Gasteiger partial charge in [-0.3, -0.25) is 4.79 Å². The number of rotatable bonds is 4. The molecule has 1 fully saturated rings. The molecule has 0 aliphatic carbocycles. The van der Waals surface area contributed by atoms with Crippen LogP contribution in [0, 0.1) is 6.92 Å². The number of anilines is 3. The average molecular weight is 392 g/mol. The van der Waals surface area contributed by atoms with E-state index in [1.807, 2.05) is 24.3 Å². The van der Waals surface area contributed by atoms with Crippen molar-refractivity contribution in [3.8, 4) is 0 Å². The number of carbonyl (C=O) groups excluding carboxylic acids is 1. The Balaban J connectivity index is 1.81. The SMILES string of the molecule is Cc1nc(Nc2ccc(N3CCOCC3)cc2)c(C(N)=O)nc1Br. The van der Waals surface area contributed by atoms with Crippen molar-refractivity contribution in [1.82, 2.24) is 9.97 Å². The highest BCUT2D eigenvalue weighted by Crippen LogP contribution is 2.24. The first kappa shape index (κ1) is 16.7. The summed E-state index contributed by atoms with van der Waals surface area (Å²) in [7, 11) is 0. The number of nitrogens with two attached hydrogens (primary N) is 1. The molecule has 3 N–H and O–H groups in total. The van der Waals surface area contributed by atoms with Gasteiger partial charge in [-0.25, -0.2) is 9.97 Å². The molecule has 0 bridgehead atoms. The number of hydrogen-bond donors (Lipinski definition) is 2. The van der Waals surface area contributed by atoms with Crippen molar-refractivity contribution in [1.29, 1.82) is 0 Å². The van der Waals surface area contributed by atoms with Crippen LogP contribution in [0.4, 0.5) is 17.2 Å². The number of amides is 1. The highest BCUT2D eigenvalue weighted by Gasteiger charge is 2.15. The highest BCUT2D eigenvalue weighted by molar-refractivity contribution is 9.10. The maximum atomic E-state index is 11.6. The van der Waals surface area contributed by atoms with Crippen LogP contribution in [0.1, 0.15) is 16.2 Å². The molecule has 0 saturated carbocycles. The van der Waals surface area contributed by atoms with Gasteiger partial charge in [0.25, 0.3) is 5.91 Å². The van der Waals surface area contributed by atoms with Gasteiger partial charge in [-0.05, 0) is 47.1 Å². The van der Waals surface area contributed by atoms with Gasteiger partial charge >= 0.3 is 0 Å². The summed E-state index contributed by atoms with van der Waals surface area (Å²) in [4.78, 5) is 22.4. The van der Waals surface area contributed by atoms with Crippen LogP contribution < -0.4 is 16.0 Å². The molecule has 1 aromatic carbocycles. The minimum atomic E-state index is -0.629. The van der Waals surface area contributed by atoms with Crippen LogP contribution in [0.2, 0.25) is 0 Å². The third-order valence-corrected chi connectivity index (χ3v) is 4.50. The molecule has 7 nitrogen and oxygen atoms in total. The number of halogens is 1. The van der Waals surface area contributed by atoms with Gasteiger partial charge in [0.05, 0.1) is 18.9 Å². The van der Waals surface area contributed by atoms with E-state index in [0.29, 0.717) is 16.1 Å². The van der Waals surface area contributed by atoms with Crippen LogP contribution in [-0.2, 0) is 4.74 Å². The van der Waals surface area contributed by atoms with Gasteiger partial charge in [0, 0.05) is 24.5 Å². The summed E-state index contributed by atoms with van der Waals surface area (Å²) in [5.74, 6) is -0.280. The fourth-order valence-electron chi connectivity index (χ4n) is 2.47. The summed E-state index contributed by atoms with van der Waals surface area (Å²) in [6.45, 7) is 5.06. The van der Waals surface area contributed by atoms with E-state index in [4.69, 9.17) is 10.5 Å². The zero-order valence-electron chi connectivity index (χ0n) is 13.3. The van der Waals surface area contributed by atoms with Gasteiger partial charge in [-0.2, -0.15) is 0 Å². The number of primary amides is 1. The van der Waals surface area contributed by atoms with E-state index in [0.717, 1.165) is 37.7 Å². The van der Waals surface area contributed by atoms with Crippen molar-refractivity contribution in [3.05, 3.63) is 40.3 Å². The van der Waals surface area contributed by atoms with Crippen LogP contribution in [0.5, 0.6) is 0 Å². The predicted octanol–water partition coefficient (Wildman–Crippen LogP) is 2.23. The second-order valence-electron chi connectivity index (χ2n) is 5.43. The van der Waals surface area contributed by atoms with Crippen molar-refractivity contribution in [2.75, 3.05) is 36.5 Å². The molecule has 1 aliphatic rings. The Morgan fingerprint density at radius 1 is 1.25 bits per heavy atom. The monoisotopic (exact) mass is 391 g/mol. The lowest BCUT2D eigenvalue weighted by Gasteiger charge is -2.28. The number of aryl methyl sites for hydroxylation is 1. The largest absolute Gasteiger partial charge is 0.378 e. The van der Waals surface area contributed by atoms with Gasteiger partial charge in [0.15, 0.2) is 11.5 Å². The van der Waals surface area contributed by atoms with Gasteiger partial charge < -0.3 is 20.7 Å². The summed E-state index contributed by atoms with van der Waals surface area (Å²) in [5.41, 5.74) is 8.11. The third-order valence-electron chi connectivity index (χ3n) is 3.75. The lowest BCUT2D eigenvalue weighted by Crippen LogP contribution is -2.36. The minimum absolute atomic E-state index is 0.102. The van der Waals surface area contributed by atoms with Crippen LogP contribution in [0.3, 0.4) is 0 Å². The quantitative estimate of drug-likeness (QED) is 0.829. The van der Waals surface area contributed by atoms with Crippen molar-refractivity contribution in [2.24, 2.45) is 5.73 Å². The number of carbonyl (C=O) groups is 1. The average Bonchev–Trinajstić information content (AvgIpc) is 2.59. The summed E-state index contributed by atoms with van der Waals surface area (Å²) >= 11 is 3.26. The molecule has 0 unspecified atom stereocenters. The number of nitrogens with one attached hydrogen (secondary N) is 1. The van der Waals surface area contributed by atoms with E-state index in [-0.39, 0.29) is 5.69 Å². The second kappa shape index (κ2) is 7.14. The molecule has 2 aromatic rings. The van der Waals surface area contributed by atoms with Crippen molar-refractivity contribution in [2.45, 2.75) is 6.92 Å². The van der Waals surface area contributed by atoms with Crippen molar-refractivity contribution < 1.29 is 9.53 Å². The lowest BCUT2D eigenvalue weighted by molar-refractivity contribution is 0.0996. The van der Waals surface area contributed by atoms with E-state index in [9.17, 15) is 4.79 Å². The second-order valence-corrected chi connectivity index (χ2v) is 6.18. The van der Waals surface area contributed by atoms with Crippen LogP contribution >= 0.6 is 15.9 Å².